The van der Waals surface area contributed by atoms with Crippen LogP contribution in [0.3, 0.4) is 0 Å². The van der Waals surface area contributed by atoms with Crippen molar-refractivity contribution < 1.29 is 15.3 Å². The minimum atomic E-state index is -1.09. The SMILES string of the molecule is C[C@@H]1C[C@@H](N)[C@H](O)[C@H](O)[C@@H]1O. The third-order valence-electron chi connectivity index (χ3n) is 2.37. The molecule has 1 saturated carbocycles. The quantitative estimate of drug-likeness (QED) is 0.346. The maximum Gasteiger partial charge on any atom is 0.107 e. The van der Waals surface area contributed by atoms with Gasteiger partial charge in [0.15, 0.2) is 0 Å². The summed E-state index contributed by atoms with van der Waals surface area (Å²) in [6, 6.07) is -0.414. The van der Waals surface area contributed by atoms with Crippen molar-refractivity contribution in [3.63, 3.8) is 0 Å². The maximum absolute atomic E-state index is 9.27. The van der Waals surface area contributed by atoms with E-state index in [-0.39, 0.29) is 5.92 Å². The Balaban J connectivity index is 2.63. The van der Waals surface area contributed by atoms with E-state index in [4.69, 9.17) is 5.73 Å². The van der Waals surface area contributed by atoms with Crippen molar-refractivity contribution in [1.29, 1.82) is 0 Å². The lowest BCUT2D eigenvalue weighted by molar-refractivity contribution is -0.114. The van der Waals surface area contributed by atoms with Gasteiger partial charge in [0.2, 0.25) is 0 Å². The number of rotatable bonds is 0. The smallest absolute Gasteiger partial charge is 0.107 e. The van der Waals surface area contributed by atoms with Crippen LogP contribution >= 0.6 is 0 Å². The third-order valence-corrected chi connectivity index (χ3v) is 2.37. The average molecular weight is 161 g/mol. The lowest BCUT2D eigenvalue weighted by Gasteiger charge is -2.37. The Hall–Kier alpha value is -0.160. The number of hydrogen-bond acceptors (Lipinski definition) is 4. The second kappa shape index (κ2) is 3.06. The monoisotopic (exact) mass is 161 g/mol. The van der Waals surface area contributed by atoms with E-state index in [1.165, 1.54) is 0 Å². The van der Waals surface area contributed by atoms with Crippen LogP contribution in [-0.4, -0.2) is 39.7 Å². The molecule has 1 aliphatic rings. The molecule has 11 heavy (non-hydrogen) atoms. The Bertz CT molecular complexity index is 128. The zero-order valence-electron chi connectivity index (χ0n) is 6.51. The van der Waals surface area contributed by atoms with Crippen molar-refractivity contribution in [2.75, 3.05) is 0 Å². The van der Waals surface area contributed by atoms with Gasteiger partial charge in [-0.25, -0.2) is 0 Å². The molecule has 66 valence electrons. The first kappa shape index (κ1) is 8.93. The summed E-state index contributed by atoms with van der Waals surface area (Å²) < 4.78 is 0. The zero-order valence-corrected chi connectivity index (χ0v) is 6.51. The molecule has 4 nitrogen and oxygen atoms in total. The van der Waals surface area contributed by atoms with Gasteiger partial charge in [-0.15, -0.1) is 0 Å². The standard InChI is InChI=1S/C7H15NO3/c1-3-2-4(8)6(10)7(11)5(3)9/h3-7,9-11H,2,8H2,1H3/t3-,4-,5-,6+,7-/m1/s1. The van der Waals surface area contributed by atoms with Crippen LogP contribution in [0, 0.1) is 5.92 Å². The maximum atomic E-state index is 9.27. The average Bonchev–Trinajstić information content (AvgIpc) is 1.97. The first-order valence-corrected chi connectivity index (χ1v) is 3.84. The highest BCUT2D eigenvalue weighted by Gasteiger charge is 2.38. The van der Waals surface area contributed by atoms with Crippen molar-refractivity contribution in [1.82, 2.24) is 0 Å². The van der Waals surface area contributed by atoms with Crippen LogP contribution in [0.15, 0.2) is 0 Å². The van der Waals surface area contributed by atoms with Crippen LogP contribution in [0.25, 0.3) is 0 Å². The summed E-state index contributed by atoms with van der Waals surface area (Å²) in [5.74, 6) is -0.0385. The molecule has 1 rings (SSSR count). The van der Waals surface area contributed by atoms with Gasteiger partial charge < -0.3 is 21.1 Å². The fourth-order valence-electron chi connectivity index (χ4n) is 1.50. The Labute approximate surface area is 65.6 Å². The van der Waals surface area contributed by atoms with Gasteiger partial charge in [0, 0.05) is 6.04 Å². The summed E-state index contributed by atoms with van der Waals surface area (Å²) >= 11 is 0. The van der Waals surface area contributed by atoms with Crippen LogP contribution in [0.4, 0.5) is 0 Å². The summed E-state index contributed by atoms with van der Waals surface area (Å²) in [6.45, 7) is 1.81. The van der Waals surface area contributed by atoms with Crippen molar-refractivity contribution in [3.8, 4) is 0 Å². The molecule has 1 aliphatic carbocycles. The van der Waals surface area contributed by atoms with Gasteiger partial charge in [0.1, 0.15) is 6.10 Å². The van der Waals surface area contributed by atoms with Crippen LogP contribution in [0.1, 0.15) is 13.3 Å². The molecule has 0 radical (unpaired) electrons. The predicted molar refractivity (Wildman–Crippen MR) is 39.8 cm³/mol. The van der Waals surface area contributed by atoms with Gasteiger partial charge in [0.05, 0.1) is 12.2 Å². The van der Waals surface area contributed by atoms with E-state index >= 15 is 0 Å². The summed E-state index contributed by atoms with van der Waals surface area (Å²) in [4.78, 5) is 0. The van der Waals surface area contributed by atoms with Gasteiger partial charge in [0.25, 0.3) is 0 Å². The lowest BCUT2D eigenvalue weighted by Crippen LogP contribution is -2.55. The minimum Gasteiger partial charge on any atom is -0.390 e. The first-order chi connectivity index (χ1) is 5.04. The fourth-order valence-corrected chi connectivity index (χ4v) is 1.50. The zero-order chi connectivity index (χ0) is 8.59. The van der Waals surface area contributed by atoms with Crippen LogP contribution in [-0.2, 0) is 0 Å². The van der Waals surface area contributed by atoms with Crippen molar-refractivity contribution in [2.45, 2.75) is 37.7 Å². The molecule has 0 heterocycles. The van der Waals surface area contributed by atoms with Crippen molar-refractivity contribution >= 4 is 0 Å². The second-order valence-electron chi connectivity index (χ2n) is 3.35. The third kappa shape index (κ3) is 1.54. The number of aliphatic hydroxyl groups excluding tert-OH is 3. The molecule has 0 aliphatic heterocycles. The van der Waals surface area contributed by atoms with E-state index in [0.717, 1.165) is 0 Å². The fraction of sp³-hybridized carbons (Fsp3) is 1.00. The molecule has 0 aromatic heterocycles. The van der Waals surface area contributed by atoms with Gasteiger partial charge in [-0.3, -0.25) is 0 Å². The number of hydrogen-bond donors (Lipinski definition) is 4. The van der Waals surface area contributed by atoms with Gasteiger partial charge in [-0.05, 0) is 12.3 Å². The molecule has 5 atom stereocenters. The van der Waals surface area contributed by atoms with Gasteiger partial charge >= 0.3 is 0 Å². The Morgan fingerprint density at radius 1 is 1.09 bits per heavy atom. The lowest BCUT2D eigenvalue weighted by atomic mass is 9.81. The van der Waals surface area contributed by atoms with E-state index in [9.17, 15) is 15.3 Å². The molecular weight excluding hydrogens is 146 g/mol. The molecule has 0 bridgehead atoms. The first-order valence-electron chi connectivity index (χ1n) is 3.84. The molecule has 0 aromatic carbocycles. The summed E-state index contributed by atoms with van der Waals surface area (Å²) in [5.41, 5.74) is 5.50. The molecule has 0 amide bonds. The predicted octanol–water partition coefficient (Wildman–Crippen LogP) is -1.56. The van der Waals surface area contributed by atoms with E-state index in [1.807, 2.05) is 0 Å². The molecule has 4 heteroatoms. The van der Waals surface area contributed by atoms with Crippen LogP contribution in [0.5, 0.6) is 0 Å². The molecule has 0 unspecified atom stereocenters. The van der Waals surface area contributed by atoms with E-state index < -0.39 is 24.4 Å². The summed E-state index contributed by atoms with van der Waals surface area (Å²) in [6.07, 6.45) is -2.36. The Kier molecular flexibility index (Phi) is 2.49. The van der Waals surface area contributed by atoms with E-state index in [0.29, 0.717) is 6.42 Å². The van der Waals surface area contributed by atoms with Gasteiger partial charge in [-0.2, -0.15) is 0 Å². The molecule has 5 N–H and O–H groups in total. The molecule has 1 fully saturated rings. The van der Waals surface area contributed by atoms with E-state index in [1.54, 1.807) is 6.92 Å². The molecule has 0 spiro atoms. The molecular formula is C7H15NO3. The number of nitrogens with two attached hydrogens (primary N) is 1. The normalized spacial score (nSPS) is 52.6. The highest BCUT2D eigenvalue weighted by Crippen LogP contribution is 2.23. The molecule has 0 aromatic rings. The largest absolute Gasteiger partial charge is 0.390 e. The van der Waals surface area contributed by atoms with E-state index in [2.05, 4.69) is 0 Å². The number of aliphatic hydroxyl groups is 3. The minimum absolute atomic E-state index is 0.0385. The summed E-state index contributed by atoms with van der Waals surface area (Å²) in [5, 5.41) is 27.7. The van der Waals surface area contributed by atoms with Crippen molar-refractivity contribution in [2.24, 2.45) is 11.7 Å². The summed E-state index contributed by atoms with van der Waals surface area (Å²) in [7, 11) is 0. The molecule has 0 saturated heterocycles. The Morgan fingerprint density at radius 3 is 2.18 bits per heavy atom. The van der Waals surface area contributed by atoms with Gasteiger partial charge in [-0.1, -0.05) is 6.92 Å². The van der Waals surface area contributed by atoms with Crippen LogP contribution in [0.2, 0.25) is 0 Å². The topological polar surface area (TPSA) is 86.7 Å². The van der Waals surface area contributed by atoms with Crippen molar-refractivity contribution in [3.05, 3.63) is 0 Å². The highest BCUT2D eigenvalue weighted by molar-refractivity contribution is 4.92. The van der Waals surface area contributed by atoms with Crippen LogP contribution < -0.4 is 5.73 Å². The highest BCUT2D eigenvalue weighted by atomic mass is 16.4. The Morgan fingerprint density at radius 2 is 1.64 bits per heavy atom. The second-order valence-corrected chi connectivity index (χ2v) is 3.35.